The summed E-state index contributed by atoms with van der Waals surface area (Å²) in [6, 6.07) is 0. The lowest BCUT2D eigenvalue weighted by atomic mass is 10.4. The van der Waals surface area contributed by atoms with Crippen molar-refractivity contribution in [1.29, 1.82) is 0 Å². The van der Waals surface area contributed by atoms with Crippen molar-refractivity contribution in [3.63, 3.8) is 0 Å². The number of carbonyl (C=O) groups is 3. The summed E-state index contributed by atoms with van der Waals surface area (Å²) in [7, 11) is 0. The number of amides is 1. The Morgan fingerprint density at radius 3 is 2.88 bits per heavy atom. The average Bonchev–Trinajstić information content (AvgIpc) is 2.49. The first-order valence-corrected chi connectivity index (χ1v) is 5.56. The number of carboxylic acid groups (broad SMARTS) is 1. The maximum atomic E-state index is 11.3. The zero-order chi connectivity index (χ0) is 12.1. The number of carboxylic acids is 1. The third-order valence-corrected chi connectivity index (χ3v) is 2.76. The van der Waals surface area contributed by atoms with E-state index in [0.29, 0.717) is 5.03 Å². The first kappa shape index (κ1) is 12.6. The molecule has 6 nitrogen and oxygen atoms in total. The molecule has 0 aliphatic carbocycles. The zero-order valence-corrected chi connectivity index (χ0v) is 9.45. The molecule has 0 aromatic rings. The third kappa shape index (κ3) is 3.27. The second-order valence-electron chi connectivity index (χ2n) is 2.90. The second-order valence-corrected chi connectivity index (χ2v) is 3.89. The highest BCUT2D eigenvalue weighted by molar-refractivity contribution is 8.04. The van der Waals surface area contributed by atoms with E-state index in [4.69, 9.17) is 5.11 Å². The molecule has 0 atom stereocenters. The lowest BCUT2D eigenvalue weighted by Gasteiger charge is -2.13. The summed E-state index contributed by atoms with van der Waals surface area (Å²) in [4.78, 5) is 34.0. The molecule has 0 saturated carbocycles. The normalized spacial score (nSPS) is 17.9. The predicted octanol–water partition coefficient (Wildman–Crippen LogP) is 0.0509. The minimum atomic E-state index is -1.12. The van der Waals surface area contributed by atoms with Gasteiger partial charge in [0.15, 0.2) is 0 Å². The molecule has 1 aliphatic rings. The van der Waals surface area contributed by atoms with Crippen LogP contribution in [0.1, 0.15) is 6.92 Å². The number of rotatable bonds is 4. The Morgan fingerprint density at radius 1 is 1.62 bits per heavy atom. The third-order valence-electron chi connectivity index (χ3n) is 1.73. The smallest absolute Gasteiger partial charge is 0.333 e. The number of carbonyl (C=O) groups excluding carboxylic acids is 2. The van der Waals surface area contributed by atoms with Crippen molar-refractivity contribution < 1.29 is 24.2 Å². The monoisotopic (exact) mass is 245 g/mol. The first-order valence-electron chi connectivity index (χ1n) is 4.58. The van der Waals surface area contributed by atoms with Crippen molar-refractivity contribution in [3.8, 4) is 0 Å². The molecular weight excluding hydrogens is 234 g/mol. The fourth-order valence-corrected chi connectivity index (χ4v) is 2.05. The number of thioether (sulfide) groups is 1. The molecule has 7 heteroatoms. The summed E-state index contributed by atoms with van der Waals surface area (Å²) < 4.78 is 4.68. The van der Waals surface area contributed by atoms with Crippen LogP contribution in [0.2, 0.25) is 0 Å². The van der Waals surface area contributed by atoms with E-state index in [0.717, 1.165) is 22.7 Å². The summed E-state index contributed by atoms with van der Waals surface area (Å²) >= 11 is 1.13. The predicted molar refractivity (Wildman–Crippen MR) is 56.5 cm³/mol. The van der Waals surface area contributed by atoms with Gasteiger partial charge in [0.25, 0.3) is 0 Å². The highest BCUT2D eigenvalue weighted by Gasteiger charge is 2.28. The topological polar surface area (TPSA) is 83.9 Å². The van der Waals surface area contributed by atoms with Gasteiger partial charge in [-0.2, -0.15) is 0 Å². The summed E-state index contributed by atoms with van der Waals surface area (Å²) in [5.41, 5.74) is 0. The summed E-state index contributed by atoms with van der Waals surface area (Å²) in [5, 5.41) is 8.93. The van der Waals surface area contributed by atoms with Crippen molar-refractivity contribution in [2.75, 3.05) is 18.9 Å². The van der Waals surface area contributed by atoms with Crippen LogP contribution in [0.25, 0.3) is 0 Å². The molecule has 0 aromatic heterocycles. The van der Waals surface area contributed by atoms with E-state index in [1.165, 1.54) is 0 Å². The van der Waals surface area contributed by atoms with E-state index in [2.05, 4.69) is 4.74 Å². The minimum Gasteiger partial charge on any atom is -0.480 e. The van der Waals surface area contributed by atoms with Crippen LogP contribution in [0.3, 0.4) is 0 Å². The van der Waals surface area contributed by atoms with Crippen LogP contribution in [0.4, 0.5) is 0 Å². The first-order chi connectivity index (χ1) is 7.54. The Kier molecular flexibility index (Phi) is 4.36. The van der Waals surface area contributed by atoms with Crippen LogP contribution >= 0.6 is 11.8 Å². The minimum absolute atomic E-state index is 0.151. The molecule has 1 N–H and O–H groups in total. The lowest BCUT2D eigenvalue weighted by molar-refractivity contribution is -0.142. The molecular formula is C9H11NO5S. The van der Waals surface area contributed by atoms with Crippen LogP contribution < -0.4 is 0 Å². The lowest BCUT2D eigenvalue weighted by Crippen LogP contribution is -2.30. The van der Waals surface area contributed by atoms with E-state index < -0.39 is 18.5 Å². The molecule has 0 spiro atoms. The van der Waals surface area contributed by atoms with Crippen molar-refractivity contribution in [2.24, 2.45) is 0 Å². The average molecular weight is 245 g/mol. The fourth-order valence-electron chi connectivity index (χ4n) is 1.12. The van der Waals surface area contributed by atoms with Crippen LogP contribution in [0.5, 0.6) is 0 Å². The van der Waals surface area contributed by atoms with E-state index in [9.17, 15) is 14.4 Å². The summed E-state index contributed by atoms with van der Waals surface area (Å²) in [6.07, 6.45) is 1.14. The standard InChI is InChI=1S/C9H11NO5S/c1-2-15-9(14)3-7-10(4-8(12)13)6(11)5-16-7/h3H,2,4-5H2,1H3,(H,12,13). The Balaban J connectivity index is 2.74. The molecule has 0 unspecified atom stereocenters. The van der Waals surface area contributed by atoms with Gasteiger partial charge in [-0.1, -0.05) is 11.8 Å². The Bertz CT molecular complexity index is 352. The van der Waals surface area contributed by atoms with Crippen LogP contribution in [-0.4, -0.2) is 46.8 Å². The molecule has 1 saturated heterocycles. The van der Waals surface area contributed by atoms with Crippen molar-refractivity contribution in [2.45, 2.75) is 6.92 Å². The summed E-state index contributed by atoms with van der Waals surface area (Å²) in [6.45, 7) is 1.47. The Hall–Kier alpha value is -1.50. The Morgan fingerprint density at radius 2 is 2.31 bits per heavy atom. The number of ether oxygens (including phenoxy) is 1. The summed E-state index contributed by atoms with van der Waals surface area (Å²) in [5.74, 6) is -1.86. The molecule has 16 heavy (non-hydrogen) atoms. The highest BCUT2D eigenvalue weighted by atomic mass is 32.2. The van der Waals surface area contributed by atoms with Crippen molar-refractivity contribution in [1.82, 2.24) is 4.90 Å². The molecule has 0 aromatic carbocycles. The van der Waals surface area contributed by atoms with Gasteiger partial charge in [-0.15, -0.1) is 0 Å². The SMILES string of the molecule is CCOC(=O)C=C1SCC(=O)N1CC(=O)O. The maximum Gasteiger partial charge on any atom is 0.333 e. The van der Waals surface area contributed by atoms with Gasteiger partial charge in [0.05, 0.1) is 23.5 Å². The van der Waals surface area contributed by atoms with E-state index >= 15 is 0 Å². The zero-order valence-electron chi connectivity index (χ0n) is 8.63. The number of nitrogens with zero attached hydrogens (tertiary/aromatic N) is 1. The Labute approximate surface area is 96.2 Å². The highest BCUT2D eigenvalue weighted by Crippen LogP contribution is 2.28. The van der Waals surface area contributed by atoms with Gasteiger partial charge in [0.2, 0.25) is 5.91 Å². The van der Waals surface area contributed by atoms with E-state index in [-0.39, 0.29) is 18.3 Å². The molecule has 1 fully saturated rings. The maximum absolute atomic E-state index is 11.3. The number of hydrogen-bond acceptors (Lipinski definition) is 5. The van der Waals surface area contributed by atoms with Gasteiger partial charge in [-0.05, 0) is 6.92 Å². The number of esters is 1. The van der Waals surface area contributed by atoms with E-state index in [1.54, 1.807) is 6.92 Å². The van der Waals surface area contributed by atoms with Crippen LogP contribution in [-0.2, 0) is 19.1 Å². The molecule has 1 amide bonds. The quantitative estimate of drug-likeness (QED) is 0.556. The molecule has 1 rings (SSSR count). The van der Waals surface area contributed by atoms with Gasteiger partial charge in [-0.3, -0.25) is 14.5 Å². The van der Waals surface area contributed by atoms with Crippen molar-refractivity contribution >= 4 is 29.6 Å². The molecule has 88 valence electrons. The van der Waals surface area contributed by atoms with Crippen LogP contribution in [0, 0.1) is 0 Å². The van der Waals surface area contributed by atoms with Gasteiger partial charge in [0, 0.05) is 0 Å². The number of hydrogen-bond donors (Lipinski definition) is 1. The molecule has 1 heterocycles. The van der Waals surface area contributed by atoms with Gasteiger partial charge < -0.3 is 9.84 Å². The number of aliphatic carboxylic acids is 1. The van der Waals surface area contributed by atoms with Gasteiger partial charge >= 0.3 is 11.9 Å². The second kappa shape index (κ2) is 5.55. The van der Waals surface area contributed by atoms with Crippen molar-refractivity contribution in [3.05, 3.63) is 11.1 Å². The van der Waals surface area contributed by atoms with Gasteiger partial charge in [-0.25, -0.2) is 4.79 Å². The molecule has 0 bridgehead atoms. The van der Waals surface area contributed by atoms with E-state index in [1.807, 2.05) is 0 Å². The molecule has 0 radical (unpaired) electrons. The van der Waals surface area contributed by atoms with Crippen LogP contribution in [0.15, 0.2) is 11.1 Å². The largest absolute Gasteiger partial charge is 0.480 e. The fraction of sp³-hybridized carbons (Fsp3) is 0.444. The van der Waals surface area contributed by atoms with Gasteiger partial charge in [0.1, 0.15) is 6.54 Å². The molecule has 1 aliphatic heterocycles.